The lowest BCUT2D eigenvalue weighted by molar-refractivity contribution is -0.0633. The molecule has 5 aliphatic rings. The fraction of sp³-hybridized carbons (Fsp3) is 0.944. The molecule has 0 aromatic heterocycles. The van der Waals surface area contributed by atoms with Crippen LogP contribution in [0.25, 0.3) is 0 Å². The molecule has 1 atom stereocenters. The summed E-state index contributed by atoms with van der Waals surface area (Å²) in [6.07, 6.45) is 14.2. The quantitative estimate of drug-likeness (QED) is 0.609. The lowest BCUT2D eigenvalue weighted by Gasteiger charge is -2.58. The molecule has 5 saturated carbocycles. The maximum Gasteiger partial charge on any atom is 0.0971 e. The van der Waals surface area contributed by atoms with E-state index < -0.39 is 0 Å². The summed E-state index contributed by atoms with van der Waals surface area (Å²) in [4.78, 5) is 5.04. The minimum Gasteiger partial charge on any atom is -0.387 e. The summed E-state index contributed by atoms with van der Waals surface area (Å²) in [5.74, 6) is 4.65. The van der Waals surface area contributed by atoms with Crippen molar-refractivity contribution in [1.82, 2.24) is 0 Å². The van der Waals surface area contributed by atoms with E-state index >= 15 is 0 Å². The molecule has 112 valence electrons. The standard InChI is InChI=1S/C18H30N2/c1-12(20-17(19)16-4-2-3-5-16)18-9-13-6-14(10-18)8-15(7-13)11-18/h12-16H,2-11H2,1H3,(H2,19,20). The molecule has 2 N–H and O–H groups in total. The van der Waals surface area contributed by atoms with E-state index in [2.05, 4.69) is 6.92 Å². The van der Waals surface area contributed by atoms with Crippen LogP contribution in [-0.2, 0) is 0 Å². The van der Waals surface area contributed by atoms with E-state index in [0.717, 1.165) is 23.6 Å². The van der Waals surface area contributed by atoms with Crippen molar-refractivity contribution in [3.05, 3.63) is 0 Å². The first-order valence-electron chi connectivity index (χ1n) is 8.98. The van der Waals surface area contributed by atoms with E-state index in [1.54, 1.807) is 0 Å². The van der Waals surface area contributed by atoms with E-state index in [9.17, 15) is 0 Å². The van der Waals surface area contributed by atoms with Gasteiger partial charge in [-0.05, 0) is 81.5 Å². The predicted octanol–water partition coefficient (Wildman–Crippen LogP) is 4.14. The molecule has 0 spiro atoms. The average Bonchev–Trinajstić information content (AvgIpc) is 2.90. The first-order chi connectivity index (χ1) is 9.64. The zero-order valence-electron chi connectivity index (χ0n) is 13.0. The van der Waals surface area contributed by atoms with Gasteiger partial charge in [-0.3, -0.25) is 4.99 Å². The Morgan fingerprint density at radius 1 is 1.00 bits per heavy atom. The number of nitrogens with two attached hydrogens (primary N) is 1. The van der Waals surface area contributed by atoms with Crippen LogP contribution in [0.15, 0.2) is 4.99 Å². The molecule has 2 nitrogen and oxygen atoms in total. The maximum absolute atomic E-state index is 6.35. The second-order valence-electron chi connectivity index (χ2n) is 8.49. The lowest BCUT2D eigenvalue weighted by atomic mass is 9.48. The Morgan fingerprint density at radius 3 is 2.00 bits per heavy atom. The highest BCUT2D eigenvalue weighted by molar-refractivity contribution is 5.83. The van der Waals surface area contributed by atoms with Gasteiger partial charge in [0.2, 0.25) is 0 Å². The lowest BCUT2D eigenvalue weighted by Crippen LogP contribution is -2.50. The number of amidine groups is 1. The van der Waals surface area contributed by atoms with E-state index in [0.29, 0.717) is 17.4 Å². The van der Waals surface area contributed by atoms with Gasteiger partial charge in [0.15, 0.2) is 0 Å². The zero-order chi connectivity index (χ0) is 13.7. The number of rotatable bonds is 3. The third-order valence-electron chi connectivity index (χ3n) is 7.09. The molecule has 0 aliphatic heterocycles. The van der Waals surface area contributed by atoms with Crippen LogP contribution in [0.3, 0.4) is 0 Å². The third-order valence-corrected chi connectivity index (χ3v) is 7.09. The number of hydrogen-bond donors (Lipinski definition) is 1. The van der Waals surface area contributed by atoms with E-state index in [1.165, 1.54) is 64.2 Å². The number of aliphatic imine (C=N–C) groups is 1. The minimum absolute atomic E-state index is 0.469. The summed E-state index contributed by atoms with van der Waals surface area (Å²) >= 11 is 0. The molecule has 2 heteroatoms. The summed E-state index contributed by atoms with van der Waals surface area (Å²) in [6.45, 7) is 2.37. The average molecular weight is 274 g/mol. The highest BCUT2D eigenvalue weighted by Gasteiger charge is 2.53. The van der Waals surface area contributed by atoms with Gasteiger partial charge in [0.05, 0.1) is 11.9 Å². The molecule has 0 amide bonds. The van der Waals surface area contributed by atoms with Gasteiger partial charge < -0.3 is 5.73 Å². The normalized spacial score (nSPS) is 46.0. The van der Waals surface area contributed by atoms with Gasteiger partial charge in [0.1, 0.15) is 0 Å². The van der Waals surface area contributed by atoms with Gasteiger partial charge >= 0.3 is 0 Å². The Balaban J connectivity index is 1.52. The molecule has 5 aliphatic carbocycles. The van der Waals surface area contributed by atoms with Crippen molar-refractivity contribution < 1.29 is 0 Å². The second-order valence-corrected chi connectivity index (χ2v) is 8.49. The van der Waals surface area contributed by atoms with Crippen molar-refractivity contribution in [2.45, 2.75) is 77.2 Å². The Bertz CT molecular complexity index is 370. The first kappa shape index (κ1) is 13.2. The van der Waals surface area contributed by atoms with Crippen LogP contribution in [0.5, 0.6) is 0 Å². The Labute approximate surface area is 123 Å². The molecule has 5 fully saturated rings. The van der Waals surface area contributed by atoms with Gasteiger partial charge in [-0.25, -0.2) is 0 Å². The van der Waals surface area contributed by atoms with Gasteiger partial charge in [0, 0.05) is 5.92 Å². The molecular formula is C18H30N2. The van der Waals surface area contributed by atoms with Gasteiger partial charge in [-0.1, -0.05) is 12.8 Å². The number of nitrogens with zero attached hydrogens (tertiary/aromatic N) is 1. The fourth-order valence-electron chi connectivity index (χ4n) is 6.38. The van der Waals surface area contributed by atoms with Gasteiger partial charge in [0.25, 0.3) is 0 Å². The highest BCUT2D eigenvalue weighted by Crippen LogP contribution is 2.61. The Kier molecular flexibility index (Phi) is 3.12. The molecule has 0 aromatic rings. The second kappa shape index (κ2) is 4.74. The first-order valence-corrected chi connectivity index (χ1v) is 8.98. The molecule has 0 heterocycles. The van der Waals surface area contributed by atoms with Crippen LogP contribution in [0.4, 0.5) is 0 Å². The van der Waals surface area contributed by atoms with Crippen molar-refractivity contribution in [1.29, 1.82) is 0 Å². The van der Waals surface area contributed by atoms with E-state index in [4.69, 9.17) is 10.7 Å². The summed E-state index contributed by atoms with van der Waals surface area (Å²) in [5.41, 5.74) is 6.87. The summed E-state index contributed by atoms with van der Waals surface area (Å²) in [6, 6.07) is 0.469. The molecule has 0 saturated heterocycles. The van der Waals surface area contributed by atoms with Crippen LogP contribution >= 0.6 is 0 Å². The van der Waals surface area contributed by atoms with Crippen molar-refractivity contribution in [3.8, 4) is 0 Å². The summed E-state index contributed by atoms with van der Waals surface area (Å²) in [7, 11) is 0. The molecular weight excluding hydrogens is 244 g/mol. The summed E-state index contributed by atoms with van der Waals surface area (Å²) in [5, 5.41) is 0. The van der Waals surface area contributed by atoms with Gasteiger partial charge in [-0.2, -0.15) is 0 Å². The van der Waals surface area contributed by atoms with Crippen LogP contribution in [-0.4, -0.2) is 11.9 Å². The topological polar surface area (TPSA) is 38.4 Å². The van der Waals surface area contributed by atoms with Crippen LogP contribution in [0.2, 0.25) is 0 Å². The maximum atomic E-state index is 6.35. The molecule has 5 rings (SSSR count). The molecule has 0 aromatic carbocycles. The molecule has 1 unspecified atom stereocenters. The monoisotopic (exact) mass is 274 g/mol. The fourth-order valence-corrected chi connectivity index (χ4v) is 6.38. The number of hydrogen-bond acceptors (Lipinski definition) is 1. The van der Waals surface area contributed by atoms with Crippen molar-refractivity contribution in [2.75, 3.05) is 0 Å². The van der Waals surface area contributed by atoms with Gasteiger partial charge in [-0.15, -0.1) is 0 Å². The largest absolute Gasteiger partial charge is 0.387 e. The van der Waals surface area contributed by atoms with Crippen molar-refractivity contribution >= 4 is 5.84 Å². The minimum atomic E-state index is 0.469. The van der Waals surface area contributed by atoms with E-state index in [-0.39, 0.29) is 0 Å². The Hall–Kier alpha value is -0.530. The Morgan fingerprint density at radius 2 is 1.50 bits per heavy atom. The highest BCUT2D eigenvalue weighted by atomic mass is 14.9. The third kappa shape index (κ3) is 2.10. The van der Waals surface area contributed by atoms with Crippen molar-refractivity contribution in [3.63, 3.8) is 0 Å². The smallest absolute Gasteiger partial charge is 0.0971 e. The molecule has 0 radical (unpaired) electrons. The molecule has 20 heavy (non-hydrogen) atoms. The van der Waals surface area contributed by atoms with Crippen LogP contribution in [0.1, 0.15) is 71.1 Å². The van der Waals surface area contributed by atoms with Crippen LogP contribution < -0.4 is 5.73 Å². The van der Waals surface area contributed by atoms with E-state index in [1.807, 2.05) is 0 Å². The molecule has 4 bridgehead atoms. The SMILES string of the molecule is CC(N=C(N)C1CCCC1)C12CC3CC(CC(C3)C1)C2. The zero-order valence-corrected chi connectivity index (χ0v) is 13.0. The summed E-state index contributed by atoms with van der Waals surface area (Å²) < 4.78 is 0. The predicted molar refractivity (Wildman–Crippen MR) is 83.6 cm³/mol. The van der Waals surface area contributed by atoms with Crippen LogP contribution in [0, 0.1) is 29.1 Å². The van der Waals surface area contributed by atoms with Crippen molar-refractivity contribution in [2.24, 2.45) is 39.8 Å².